The van der Waals surface area contributed by atoms with Crippen molar-refractivity contribution in [2.24, 2.45) is 0 Å². The fourth-order valence-electron chi connectivity index (χ4n) is 7.38. The lowest BCUT2D eigenvalue weighted by Gasteiger charge is -2.39. The predicted octanol–water partition coefficient (Wildman–Crippen LogP) is 4.68. The highest BCUT2D eigenvalue weighted by molar-refractivity contribution is 7.90. The average Bonchev–Trinajstić information content (AvgIpc) is 3.40. The molecule has 3 aliphatic rings. The lowest BCUT2D eigenvalue weighted by Crippen LogP contribution is -2.46. The summed E-state index contributed by atoms with van der Waals surface area (Å²) in [5, 5.41) is 4.84. The number of morpholine rings is 1. The van der Waals surface area contributed by atoms with Crippen LogP contribution in [0.4, 0.5) is 5.82 Å². The Morgan fingerprint density at radius 3 is 2.51 bits per heavy atom. The third-order valence-electron chi connectivity index (χ3n) is 9.60. The largest absolute Gasteiger partial charge is 0.379 e. The monoisotopic (exact) mass is 598 g/mol. The van der Waals surface area contributed by atoms with Crippen molar-refractivity contribution in [3.63, 3.8) is 0 Å². The molecule has 0 amide bonds. The van der Waals surface area contributed by atoms with Gasteiger partial charge in [-0.2, -0.15) is 0 Å². The van der Waals surface area contributed by atoms with Gasteiger partial charge in [-0.25, -0.2) is 18.4 Å². The van der Waals surface area contributed by atoms with Gasteiger partial charge in [0.05, 0.1) is 23.5 Å². The van der Waals surface area contributed by atoms with Gasteiger partial charge in [0.15, 0.2) is 9.84 Å². The van der Waals surface area contributed by atoms with Crippen LogP contribution in [0.2, 0.25) is 0 Å². The number of aryl methyl sites for hydroxylation is 1. The topological polar surface area (TPSA) is 113 Å². The van der Waals surface area contributed by atoms with Crippen LogP contribution >= 0.6 is 0 Å². The van der Waals surface area contributed by atoms with Crippen LogP contribution in [0.25, 0.3) is 17.1 Å². The molecule has 1 saturated carbocycles. The van der Waals surface area contributed by atoms with Crippen LogP contribution < -0.4 is 5.32 Å². The van der Waals surface area contributed by atoms with Crippen molar-refractivity contribution in [3.05, 3.63) is 83.1 Å². The Morgan fingerprint density at radius 2 is 1.79 bits per heavy atom. The maximum atomic E-state index is 12.4. The number of hydrogen-bond donors (Lipinski definition) is 2. The summed E-state index contributed by atoms with van der Waals surface area (Å²) < 4.78 is 30.4. The number of allylic oxidation sites excluding steroid dienone is 1. The number of rotatable bonds is 6. The fraction of sp³-hybridized carbons (Fsp3) is 0.424. The van der Waals surface area contributed by atoms with E-state index >= 15 is 0 Å². The van der Waals surface area contributed by atoms with Crippen LogP contribution in [0.1, 0.15) is 53.6 Å². The zero-order valence-corrected chi connectivity index (χ0v) is 25.5. The highest BCUT2D eigenvalue weighted by Crippen LogP contribution is 2.45. The van der Waals surface area contributed by atoms with Gasteiger partial charge in [0.1, 0.15) is 17.8 Å². The molecule has 0 radical (unpaired) electrons. The number of aromatic nitrogens is 4. The zero-order chi connectivity index (χ0) is 29.6. The minimum Gasteiger partial charge on any atom is -0.379 e. The molecular formula is C33H38N6O3S. The number of fused-ring (bicyclic) bond motifs is 3. The number of sulfone groups is 1. The van der Waals surface area contributed by atoms with Gasteiger partial charge in [0.25, 0.3) is 0 Å². The standard InChI is InChI=1S/C33H38N6O3S/c1-22-19-24(3-8-29(22)43(2,40)41)33(23-10-13-34-14-11-23)12-9-28-27(20-33)30-31(35-21-36-32(30)38-28)37-25-4-6-26(7-5-25)39-15-17-42-18-16-39/h3,8-14,19,21,25-26H,4-7,15-18,20H2,1-2H3,(H2,35,36,37,38). The number of hydrogen-bond acceptors (Lipinski definition) is 8. The predicted molar refractivity (Wildman–Crippen MR) is 168 cm³/mol. The van der Waals surface area contributed by atoms with E-state index in [1.165, 1.54) is 19.1 Å². The Balaban J connectivity index is 1.23. The molecule has 7 rings (SSSR count). The minimum absolute atomic E-state index is 0.358. The molecule has 1 aliphatic heterocycles. The summed E-state index contributed by atoms with van der Waals surface area (Å²) in [4.78, 5) is 20.2. The molecule has 0 bridgehead atoms. The Hall–Kier alpha value is -3.60. The van der Waals surface area contributed by atoms with E-state index in [1.54, 1.807) is 12.4 Å². The fourth-order valence-corrected chi connectivity index (χ4v) is 8.34. The van der Waals surface area contributed by atoms with E-state index < -0.39 is 15.3 Å². The molecule has 4 heterocycles. The first-order chi connectivity index (χ1) is 20.8. The molecule has 224 valence electrons. The van der Waals surface area contributed by atoms with Crippen LogP contribution in [0.3, 0.4) is 0 Å². The lowest BCUT2D eigenvalue weighted by molar-refractivity contribution is 0.00791. The molecule has 0 spiro atoms. The van der Waals surface area contributed by atoms with Gasteiger partial charge < -0.3 is 15.0 Å². The van der Waals surface area contributed by atoms with Crippen molar-refractivity contribution >= 4 is 32.8 Å². The number of anilines is 1. The number of H-pyrrole nitrogens is 1. The number of benzene rings is 1. The molecule has 2 fully saturated rings. The molecule has 9 nitrogen and oxygen atoms in total. The number of pyridine rings is 1. The molecule has 3 aromatic heterocycles. The molecule has 1 saturated heterocycles. The number of aromatic amines is 1. The van der Waals surface area contributed by atoms with Gasteiger partial charge in [-0.3, -0.25) is 9.88 Å². The number of nitrogens with one attached hydrogen (secondary N) is 2. The summed E-state index contributed by atoms with van der Waals surface area (Å²) in [6.07, 6.45) is 16.1. The van der Waals surface area contributed by atoms with Crippen molar-refractivity contribution in [3.8, 4) is 0 Å². The highest BCUT2D eigenvalue weighted by atomic mass is 32.2. The quantitative estimate of drug-likeness (QED) is 0.329. The van der Waals surface area contributed by atoms with E-state index in [9.17, 15) is 8.42 Å². The van der Waals surface area contributed by atoms with Crippen LogP contribution in [0.5, 0.6) is 0 Å². The van der Waals surface area contributed by atoms with Gasteiger partial charge in [-0.05, 0) is 85.6 Å². The molecule has 1 unspecified atom stereocenters. The lowest BCUT2D eigenvalue weighted by atomic mass is 9.68. The summed E-state index contributed by atoms with van der Waals surface area (Å²) in [7, 11) is -3.33. The van der Waals surface area contributed by atoms with E-state index in [0.717, 1.165) is 83.9 Å². The van der Waals surface area contributed by atoms with Crippen LogP contribution in [-0.2, 0) is 26.4 Å². The SMILES string of the molecule is Cc1cc(C2(c3ccncc3)C=Cc3[nH]c4ncnc(NC5CCC(N6CCOCC6)CC5)c4c3C2)ccc1S(C)(=O)=O. The molecule has 4 aromatic rings. The van der Waals surface area contributed by atoms with Gasteiger partial charge >= 0.3 is 0 Å². The second kappa shape index (κ2) is 11.2. The Kier molecular flexibility index (Phi) is 7.31. The molecule has 43 heavy (non-hydrogen) atoms. The van der Waals surface area contributed by atoms with E-state index in [0.29, 0.717) is 23.4 Å². The van der Waals surface area contributed by atoms with Gasteiger partial charge in [-0.15, -0.1) is 0 Å². The van der Waals surface area contributed by atoms with Crippen LogP contribution in [0.15, 0.2) is 60.0 Å². The van der Waals surface area contributed by atoms with E-state index in [4.69, 9.17) is 9.72 Å². The summed E-state index contributed by atoms with van der Waals surface area (Å²) in [6, 6.07) is 10.8. The van der Waals surface area contributed by atoms with Crippen LogP contribution in [0, 0.1) is 6.92 Å². The van der Waals surface area contributed by atoms with E-state index in [2.05, 4.69) is 37.3 Å². The van der Waals surface area contributed by atoms with Crippen molar-refractivity contribution in [2.75, 3.05) is 37.9 Å². The summed E-state index contributed by atoms with van der Waals surface area (Å²) in [6.45, 7) is 5.62. The summed E-state index contributed by atoms with van der Waals surface area (Å²) in [5.41, 5.74) is 5.36. The summed E-state index contributed by atoms with van der Waals surface area (Å²) in [5.74, 6) is 0.875. The van der Waals surface area contributed by atoms with Crippen molar-refractivity contribution in [1.29, 1.82) is 0 Å². The molecule has 2 aliphatic carbocycles. The number of nitrogens with zero attached hydrogens (tertiary/aromatic N) is 4. The van der Waals surface area contributed by atoms with E-state index in [-0.39, 0.29) is 0 Å². The molecule has 1 aromatic carbocycles. The highest BCUT2D eigenvalue weighted by Gasteiger charge is 2.38. The first-order valence-corrected chi connectivity index (χ1v) is 17.1. The third-order valence-corrected chi connectivity index (χ3v) is 10.9. The zero-order valence-electron chi connectivity index (χ0n) is 24.7. The molecule has 10 heteroatoms. The first kappa shape index (κ1) is 28.2. The smallest absolute Gasteiger partial charge is 0.175 e. The van der Waals surface area contributed by atoms with Gasteiger partial charge in [0.2, 0.25) is 0 Å². The summed E-state index contributed by atoms with van der Waals surface area (Å²) >= 11 is 0. The number of ether oxygens (including phenoxy) is 1. The molecule has 1 atom stereocenters. The second-order valence-corrected chi connectivity index (χ2v) is 14.2. The average molecular weight is 599 g/mol. The Bertz CT molecular complexity index is 1770. The maximum absolute atomic E-state index is 12.4. The first-order valence-electron chi connectivity index (χ1n) is 15.2. The maximum Gasteiger partial charge on any atom is 0.175 e. The molecule has 2 N–H and O–H groups in total. The van der Waals surface area contributed by atoms with Crippen molar-refractivity contribution < 1.29 is 13.2 Å². The minimum atomic E-state index is -3.33. The Morgan fingerprint density at radius 1 is 1.02 bits per heavy atom. The van der Waals surface area contributed by atoms with Gasteiger partial charge in [-0.1, -0.05) is 18.2 Å². The van der Waals surface area contributed by atoms with E-state index in [1.807, 2.05) is 43.6 Å². The van der Waals surface area contributed by atoms with Crippen molar-refractivity contribution in [1.82, 2.24) is 24.8 Å². The Labute approximate surface area is 252 Å². The third kappa shape index (κ3) is 5.25. The molecular weight excluding hydrogens is 560 g/mol. The van der Waals surface area contributed by atoms with Crippen molar-refractivity contribution in [2.45, 2.75) is 61.4 Å². The second-order valence-electron chi connectivity index (χ2n) is 12.2. The van der Waals surface area contributed by atoms with Crippen LogP contribution in [-0.4, -0.2) is 77.9 Å². The van der Waals surface area contributed by atoms with Gasteiger partial charge in [0, 0.05) is 54.9 Å². The normalized spacial score (nSPS) is 24.6.